The van der Waals surface area contributed by atoms with Crippen LogP contribution in [0.1, 0.15) is 11.1 Å². The van der Waals surface area contributed by atoms with E-state index in [2.05, 4.69) is 5.48 Å². The average molecular weight is 341 g/mol. The highest BCUT2D eigenvalue weighted by Crippen LogP contribution is 2.36. The zero-order valence-corrected chi connectivity index (χ0v) is 13.3. The van der Waals surface area contributed by atoms with E-state index < -0.39 is 6.10 Å². The lowest BCUT2D eigenvalue weighted by atomic mass is 10.0. The van der Waals surface area contributed by atoms with Crippen molar-refractivity contribution in [2.75, 3.05) is 0 Å². The number of halogens is 1. The van der Waals surface area contributed by atoms with Gasteiger partial charge in [0.05, 0.1) is 17.8 Å². The van der Waals surface area contributed by atoms with E-state index in [4.69, 9.17) is 16.4 Å². The highest BCUT2D eigenvalue weighted by Gasteiger charge is 2.50. The maximum atomic E-state index is 12.8. The fraction of sp³-hybridized carbons (Fsp3) is 0.111. The van der Waals surface area contributed by atoms with Crippen molar-refractivity contribution in [3.05, 3.63) is 76.3 Å². The smallest absolute Gasteiger partial charge is 0.266 e. The normalized spacial score (nSPS) is 19.7. The Bertz CT molecular complexity index is 864. The van der Waals surface area contributed by atoms with Crippen LogP contribution in [0.4, 0.5) is 0 Å². The summed E-state index contributed by atoms with van der Waals surface area (Å²) in [4.78, 5) is 31.9. The number of hydrogen-bond donors (Lipinski definition) is 1. The Labute approximate surface area is 143 Å². The van der Waals surface area contributed by atoms with Gasteiger partial charge in [-0.25, -0.2) is 0 Å². The van der Waals surface area contributed by atoms with E-state index in [0.717, 1.165) is 5.56 Å². The Balaban J connectivity index is 1.72. The Morgan fingerprint density at radius 1 is 1.04 bits per heavy atom. The molecule has 0 aliphatic carbocycles. The van der Waals surface area contributed by atoms with Crippen molar-refractivity contribution < 1.29 is 14.4 Å². The molecule has 6 heteroatoms. The van der Waals surface area contributed by atoms with Crippen LogP contribution in [0.2, 0.25) is 5.02 Å². The number of benzene rings is 2. The molecule has 120 valence electrons. The monoisotopic (exact) mass is 340 g/mol. The first-order valence-corrected chi connectivity index (χ1v) is 7.85. The lowest BCUT2D eigenvalue weighted by Gasteiger charge is -2.16. The summed E-state index contributed by atoms with van der Waals surface area (Å²) in [5, 5.41) is 0.485. The number of nitrogens with zero attached hydrogens (tertiary/aromatic N) is 1. The number of hydrogen-bond acceptors (Lipinski definition) is 4. The zero-order chi connectivity index (χ0) is 16.7. The van der Waals surface area contributed by atoms with Gasteiger partial charge in [-0.3, -0.25) is 24.8 Å². The topological polar surface area (TPSA) is 58.6 Å². The van der Waals surface area contributed by atoms with E-state index in [9.17, 15) is 9.59 Å². The maximum absolute atomic E-state index is 12.8. The summed E-state index contributed by atoms with van der Waals surface area (Å²) in [5.74, 6) is -0.720. The quantitative estimate of drug-likeness (QED) is 0.872. The van der Waals surface area contributed by atoms with Gasteiger partial charge in [0.1, 0.15) is 0 Å². The second kappa shape index (κ2) is 5.78. The Kier molecular flexibility index (Phi) is 3.59. The van der Waals surface area contributed by atoms with Gasteiger partial charge in [0.2, 0.25) is 0 Å². The van der Waals surface area contributed by atoms with Crippen LogP contribution in [-0.4, -0.2) is 22.8 Å². The standard InChI is InChI=1S/C18H13ClN2O3/c19-13-9-5-4-8-12(13)15-14-16(24-20-15)18(23)21(17(14)22)10-11-6-2-1-3-7-11/h1-9,16,20H,10H2/t16-/m1/s1. The van der Waals surface area contributed by atoms with Crippen LogP contribution < -0.4 is 5.48 Å². The predicted octanol–water partition coefficient (Wildman–Crippen LogP) is 2.52. The van der Waals surface area contributed by atoms with Gasteiger partial charge in [0.15, 0.2) is 6.10 Å². The van der Waals surface area contributed by atoms with Crippen LogP contribution in [0.25, 0.3) is 5.70 Å². The van der Waals surface area contributed by atoms with Gasteiger partial charge in [0, 0.05) is 10.6 Å². The van der Waals surface area contributed by atoms with Crippen LogP contribution in [0, 0.1) is 0 Å². The molecule has 0 saturated carbocycles. The molecular formula is C18H13ClN2O3. The lowest BCUT2D eigenvalue weighted by Crippen LogP contribution is -2.33. The van der Waals surface area contributed by atoms with E-state index in [-0.39, 0.29) is 18.4 Å². The molecule has 2 aliphatic heterocycles. The number of nitrogens with one attached hydrogen (secondary N) is 1. The molecule has 2 aliphatic rings. The molecule has 0 spiro atoms. The van der Waals surface area contributed by atoms with Gasteiger partial charge in [-0.15, -0.1) is 0 Å². The minimum absolute atomic E-state index is 0.220. The number of hydroxylamine groups is 1. The molecule has 2 aromatic rings. The minimum Gasteiger partial charge on any atom is -0.271 e. The fourth-order valence-electron chi connectivity index (χ4n) is 2.92. The van der Waals surface area contributed by atoms with Crippen LogP contribution in [-0.2, 0) is 21.0 Å². The van der Waals surface area contributed by atoms with Crippen molar-refractivity contribution >= 4 is 29.1 Å². The molecule has 1 saturated heterocycles. The van der Waals surface area contributed by atoms with Gasteiger partial charge >= 0.3 is 0 Å². The van der Waals surface area contributed by atoms with Gasteiger partial charge in [-0.2, -0.15) is 0 Å². The highest BCUT2D eigenvalue weighted by atomic mass is 35.5. The van der Waals surface area contributed by atoms with Crippen molar-refractivity contribution in [3.8, 4) is 0 Å². The molecule has 2 heterocycles. The fourth-order valence-corrected chi connectivity index (χ4v) is 3.15. The Morgan fingerprint density at radius 2 is 1.75 bits per heavy atom. The molecule has 2 aromatic carbocycles. The van der Waals surface area contributed by atoms with E-state index >= 15 is 0 Å². The Morgan fingerprint density at radius 3 is 2.50 bits per heavy atom. The Hall–Kier alpha value is -2.63. The number of carbonyl (C=O) groups excluding carboxylic acids is 2. The summed E-state index contributed by atoms with van der Waals surface area (Å²) >= 11 is 6.21. The molecule has 1 fully saturated rings. The van der Waals surface area contributed by atoms with Gasteiger partial charge < -0.3 is 0 Å². The maximum Gasteiger partial charge on any atom is 0.266 e. The molecule has 0 radical (unpaired) electrons. The van der Waals surface area contributed by atoms with Crippen molar-refractivity contribution in [2.24, 2.45) is 0 Å². The molecule has 24 heavy (non-hydrogen) atoms. The van der Waals surface area contributed by atoms with Crippen molar-refractivity contribution in [2.45, 2.75) is 12.6 Å². The summed E-state index contributed by atoms with van der Waals surface area (Å²) in [5.41, 5.74) is 4.97. The molecule has 0 aromatic heterocycles. The van der Waals surface area contributed by atoms with E-state index in [1.807, 2.05) is 36.4 Å². The summed E-state index contributed by atoms with van der Waals surface area (Å²) in [7, 11) is 0. The molecule has 0 unspecified atom stereocenters. The average Bonchev–Trinajstić information content (AvgIpc) is 3.13. The summed E-state index contributed by atoms with van der Waals surface area (Å²) in [6, 6.07) is 16.5. The van der Waals surface area contributed by atoms with Crippen LogP contribution >= 0.6 is 11.6 Å². The van der Waals surface area contributed by atoms with Crippen molar-refractivity contribution in [3.63, 3.8) is 0 Å². The van der Waals surface area contributed by atoms with Gasteiger partial charge in [-0.05, 0) is 11.6 Å². The molecular weight excluding hydrogens is 328 g/mol. The minimum atomic E-state index is -0.924. The molecule has 1 N–H and O–H groups in total. The lowest BCUT2D eigenvalue weighted by molar-refractivity contribution is -0.144. The third kappa shape index (κ3) is 2.29. The van der Waals surface area contributed by atoms with E-state index in [0.29, 0.717) is 21.9 Å². The second-order valence-electron chi connectivity index (χ2n) is 5.58. The first-order valence-electron chi connectivity index (χ1n) is 7.47. The third-order valence-electron chi connectivity index (χ3n) is 4.10. The number of rotatable bonds is 3. The summed E-state index contributed by atoms with van der Waals surface area (Å²) in [6.45, 7) is 0.220. The summed E-state index contributed by atoms with van der Waals surface area (Å²) in [6.07, 6.45) is -0.924. The van der Waals surface area contributed by atoms with Crippen LogP contribution in [0.5, 0.6) is 0 Å². The molecule has 1 atom stereocenters. The number of imide groups is 1. The number of likely N-dealkylation sites (tertiary alicyclic amines) is 1. The molecule has 4 rings (SSSR count). The number of amides is 2. The van der Waals surface area contributed by atoms with E-state index in [1.54, 1.807) is 18.2 Å². The summed E-state index contributed by atoms with van der Waals surface area (Å²) < 4.78 is 0. The first kappa shape index (κ1) is 14.9. The first-order chi connectivity index (χ1) is 11.7. The van der Waals surface area contributed by atoms with Crippen molar-refractivity contribution in [1.82, 2.24) is 10.4 Å². The van der Waals surface area contributed by atoms with Gasteiger partial charge in [-0.1, -0.05) is 60.1 Å². The third-order valence-corrected chi connectivity index (χ3v) is 4.43. The molecule has 5 nitrogen and oxygen atoms in total. The van der Waals surface area contributed by atoms with Crippen molar-refractivity contribution in [1.29, 1.82) is 0 Å². The number of carbonyl (C=O) groups is 2. The molecule has 2 amide bonds. The van der Waals surface area contributed by atoms with Crippen LogP contribution in [0.3, 0.4) is 0 Å². The highest BCUT2D eigenvalue weighted by molar-refractivity contribution is 6.33. The molecule has 0 bridgehead atoms. The SMILES string of the molecule is O=C1C2=C(c3ccccc3Cl)NO[C@H]2C(=O)N1Cc1ccccc1. The van der Waals surface area contributed by atoms with Crippen LogP contribution in [0.15, 0.2) is 60.2 Å². The zero-order valence-electron chi connectivity index (χ0n) is 12.5. The predicted molar refractivity (Wildman–Crippen MR) is 88.4 cm³/mol. The largest absolute Gasteiger partial charge is 0.271 e. The second-order valence-corrected chi connectivity index (χ2v) is 5.99. The van der Waals surface area contributed by atoms with E-state index in [1.165, 1.54) is 4.90 Å². The van der Waals surface area contributed by atoms with Gasteiger partial charge in [0.25, 0.3) is 11.8 Å². The number of fused-ring (bicyclic) bond motifs is 1.